The van der Waals surface area contributed by atoms with E-state index in [4.69, 9.17) is 5.73 Å². The molecule has 0 aromatic carbocycles. The van der Waals surface area contributed by atoms with Gasteiger partial charge in [-0.3, -0.25) is 4.99 Å². The molecule has 0 aromatic rings. The number of hydrogen-bond donors (Lipinski definition) is 1. The molecule has 0 aliphatic carbocycles. The first kappa shape index (κ1) is 11.8. The zero-order valence-corrected chi connectivity index (χ0v) is 9.37. The predicted molar refractivity (Wildman–Crippen MR) is 58.9 cm³/mol. The van der Waals surface area contributed by atoms with Crippen LogP contribution in [0, 0.1) is 5.41 Å². The zero-order valence-electron chi connectivity index (χ0n) is 8.55. The van der Waals surface area contributed by atoms with Crippen LogP contribution in [0.5, 0.6) is 0 Å². The van der Waals surface area contributed by atoms with E-state index in [1.807, 2.05) is 11.8 Å². The van der Waals surface area contributed by atoms with E-state index >= 15 is 0 Å². The van der Waals surface area contributed by atoms with E-state index in [0.717, 1.165) is 18.8 Å². The van der Waals surface area contributed by atoms with Gasteiger partial charge in [0.05, 0.1) is 5.84 Å². The SMILES string of the molecule is CSCCCN=C(N)C(C)(C)C. The second-order valence-electron chi connectivity index (χ2n) is 3.86. The molecule has 0 saturated carbocycles. The first-order valence-electron chi connectivity index (χ1n) is 4.28. The molecule has 2 nitrogen and oxygen atoms in total. The molecule has 0 radical (unpaired) electrons. The summed E-state index contributed by atoms with van der Waals surface area (Å²) >= 11 is 1.85. The number of nitrogens with zero attached hydrogens (tertiary/aromatic N) is 1. The molecular formula is C9H20N2S. The Morgan fingerprint density at radius 3 is 2.42 bits per heavy atom. The lowest BCUT2D eigenvalue weighted by Gasteiger charge is -2.17. The molecule has 0 aliphatic heterocycles. The maximum atomic E-state index is 5.78. The van der Waals surface area contributed by atoms with Crippen LogP contribution in [-0.2, 0) is 0 Å². The van der Waals surface area contributed by atoms with Crippen LogP contribution in [0.25, 0.3) is 0 Å². The summed E-state index contributed by atoms with van der Waals surface area (Å²) in [6, 6.07) is 0. The van der Waals surface area contributed by atoms with Crippen LogP contribution in [0.1, 0.15) is 27.2 Å². The highest BCUT2D eigenvalue weighted by Gasteiger charge is 2.14. The molecule has 0 bridgehead atoms. The largest absolute Gasteiger partial charge is 0.387 e. The Morgan fingerprint density at radius 2 is 2.00 bits per heavy atom. The first-order chi connectivity index (χ1) is 5.48. The number of hydrogen-bond acceptors (Lipinski definition) is 2. The Morgan fingerprint density at radius 1 is 1.42 bits per heavy atom. The second kappa shape index (κ2) is 5.46. The van der Waals surface area contributed by atoms with Crippen molar-refractivity contribution in [1.29, 1.82) is 0 Å². The summed E-state index contributed by atoms with van der Waals surface area (Å²) in [5, 5.41) is 0. The summed E-state index contributed by atoms with van der Waals surface area (Å²) in [6.07, 6.45) is 3.23. The lowest BCUT2D eigenvalue weighted by Crippen LogP contribution is -2.29. The Balaban J connectivity index is 3.70. The van der Waals surface area contributed by atoms with E-state index in [9.17, 15) is 0 Å². The van der Waals surface area contributed by atoms with Gasteiger partial charge in [0, 0.05) is 12.0 Å². The van der Waals surface area contributed by atoms with E-state index in [2.05, 4.69) is 32.0 Å². The van der Waals surface area contributed by atoms with Crippen LogP contribution >= 0.6 is 11.8 Å². The van der Waals surface area contributed by atoms with Crippen molar-refractivity contribution in [2.24, 2.45) is 16.1 Å². The molecule has 0 fully saturated rings. The maximum Gasteiger partial charge on any atom is 0.0991 e. The summed E-state index contributed by atoms with van der Waals surface area (Å²) in [7, 11) is 0. The minimum atomic E-state index is 0.0271. The number of aliphatic imine (C=N–C) groups is 1. The van der Waals surface area contributed by atoms with Gasteiger partial charge in [-0.2, -0.15) is 11.8 Å². The summed E-state index contributed by atoms with van der Waals surface area (Å²) in [5.41, 5.74) is 5.80. The van der Waals surface area contributed by atoms with Crippen molar-refractivity contribution >= 4 is 17.6 Å². The minimum Gasteiger partial charge on any atom is -0.387 e. The van der Waals surface area contributed by atoms with Crippen LogP contribution < -0.4 is 5.73 Å². The molecule has 0 heterocycles. The van der Waals surface area contributed by atoms with Crippen molar-refractivity contribution in [3.63, 3.8) is 0 Å². The van der Waals surface area contributed by atoms with E-state index < -0.39 is 0 Å². The van der Waals surface area contributed by atoms with Gasteiger partial charge in [-0.15, -0.1) is 0 Å². The Kier molecular flexibility index (Phi) is 5.38. The average Bonchev–Trinajstić information content (AvgIpc) is 1.96. The topological polar surface area (TPSA) is 38.4 Å². The van der Waals surface area contributed by atoms with Gasteiger partial charge in [0.25, 0.3) is 0 Å². The molecule has 72 valence electrons. The van der Waals surface area contributed by atoms with E-state index in [1.54, 1.807) is 0 Å². The van der Waals surface area contributed by atoms with Gasteiger partial charge in [-0.1, -0.05) is 20.8 Å². The lowest BCUT2D eigenvalue weighted by atomic mass is 9.95. The first-order valence-corrected chi connectivity index (χ1v) is 5.67. The minimum absolute atomic E-state index is 0.0271. The van der Waals surface area contributed by atoms with Gasteiger partial charge < -0.3 is 5.73 Å². The van der Waals surface area contributed by atoms with Gasteiger partial charge in [0.2, 0.25) is 0 Å². The number of amidine groups is 1. The lowest BCUT2D eigenvalue weighted by molar-refractivity contribution is 0.581. The van der Waals surface area contributed by atoms with Gasteiger partial charge in [-0.25, -0.2) is 0 Å². The summed E-state index contributed by atoms with van der Waals surface area (Å²) < 4.78 is 0. The van der Waals surface area contributed by atoms with Crippen molar-refractivity contribution < 1.29 is 0 Å². The Labute approximate surface area is 80.0 Å². The number of rotatable bonds is 4. The van der Waals surface area contributed by atoms with Crippen molar-refractivity contribution in [2.75, 3.05) is 18.6 Å². The molecule has 0 atom stereocenters. The summed E-state index contributed by atoms with van der Waals surface area (Å²) in [4.78, 5) is 4.31. The van der Waals surface area contributed by atoms with Crippen LogP contribution in [0.3, 0.4) is 0 Å². The van der Waals surface area contributed by atoms with E-state index in [1.165, 1.54) is 5.75 Å². The fourth-order valence-corrected chi connectivity index (χ4v) is 1.06. The highest BCUT2D eigenvalue weighted by Crippen LogP contribution is 2.12. The summed E-state index contributed by atoms with van der Waals surface area (Å²) in [5.74, 6) is 1.93. The van der Waals surface area contributed by atoms with Gasteiger partial charge >= 0.3 is 0 Å². The van der Waals surface area contributed by atoms with E-state index in [0.29, 0.717) is 0 Å². The fourth-order valence-electron chi connectivity index (χ4n) is 0.646. The molecule has 0 saturated heterocycles. The second-order valence-corrected chi connectivity index (χ2v) is 4.85. The maximum absolute atomic E-state index is 5.78. The third-order valence-electron chi connectivity index (χ3n) is 1.56. The molecule has 0 rings (SSSR count). The standard InChI is InChI=1S/C9H20N2S/c1-9(2,3)8(10)11-6-5-7-12-4/h5-7H2,1-4H3,(H2,10,11). The van der Waals surface area contributed by atoms with Gasteiger partial charge in [-0.05, 0) is 18.4 Å². The van der Waals surface area contributed by atoms with E-state index in [-0.39, 0.29) is 5.41 Å². The average molecular weight is 188 g/mol. The molecule has 0 aliphatic rings. The molecule has 0 aromatic heterocycles. The fraction of sp³-hybridized carbons (Fsp3) is 0.889. The van der Waals surface area contributed by atoms with Crippen molar-refractivity contribution in [2.45, 2.75) is 27.2 Å². The number of thioether (sulfide) groups is 1. The molecule has 0 amide bonds. The van der Waals surface area contributed by atoms with Crippen molar-refractivity contribution in [3.8, 4) is 0 Å². The molecule has 2 N–H and O–H groups in total. The highest BCUT2D eigenvalue weighted by molar-refractivity contribution is 7.98. The third-order valence-corrected chi connectivity index (χ3v) is 2.25. The third kappa shape index (κ3) is 5.47. The molecule has 0 spiro atoms. The van der Waals surface area contributed by atoms with Gasteiger partial charge in [0.15, 0.2) is 0 Å². The molecule has 3 heteroatoms. The monoisotopic (exact) mass is 188 g/mol. The van der Waals surface area contributed by atoms with Crippen LogP contribution in [0.2, 0.25) is 0 Å². The Bertz CT molecular complexity index is 147. The normalized spacial score (nSPS) is 13.5. The zero-order chi connectivity index (χ0) is 9.61. The predicted octanol–water partition coefficient (Wildman–Crippen LogP) is 2.14. The highest BCUT2D eigenvalue weighted by atomic mass is 32.2. The van der Waals surface area contributed by atoms with Crippen LogP contribution in [0.4, 0.5) is 0 Å². The molecular weight excluding hydrogens is 168 g/mol. The van der Waals surface area contributed by atoms with Crippen molar-refractivity contribution in [1.82, 2.24) is 0 Å². The Hall–Kier alpha value is -0.180. The quantitative estimate of drug-likeness (QED) is 0.417. The van der Waals surface area contributed by atoms with Gasteiger partial charge in [0.1, 0.15) is 0 Å². The molecule has 12 heavy (non-hydrogen) atoms. The molecule has 0 unspecified atom stereocenters. The van der Waals surface area contributed by atoms with Crippen LogP contribution in [-0.4, -0.2) is 24.4 Å². The van der Waals surface area contributed by atoms with Crippen molar-refractivity contribution in [3.05, 3.63) is 0 Å². The smallest absolute Gasteiger partial charge is 0.0991 e. The number of nitrogens with two attached hydrogens (primary N) is 1. The van der Waals surface area contributed by atoms with Crippen LogP contribution in [0.15, 0.2) is 4.99 Å². The summed E-state index contributed by atoms with van der Waals surface area (Å²) in [6.45, 7) is 7.12.